The van der Waals surface area contributed by atoms with Gasteiger partial charge in [0.25, 0.3) is 0 Å². The number of carbonyl (C=O) groups excluding carboxylic acids is 2. The third kappa shape index (κ3) is 6.95. The van der Waals surface area contributed by atoms with Crippen molar-refractivity contribution in [2.24, 2.45) is 17.8 Å². The highest BCUT2D eigenvalue weighted by atomic mass is 32.1. The normalized spacial score (nSPS) is 26.8. The molecule has 0 spiro atoms. The maximum Gasteiger partial charge on any atom is 0.350 e. The van der Waals surface area contributed by atoms with Gasteiger partial charge in [-0.15, -0.1) is 11.3 Å². The molecule has 0 aromatic carbocycles. The van der Waals surface area contributed by atoms with Crippen molar-refractivity contribution in [1.82, 2.24) is 0 Å². The molecule has 0 N–H and O–H groups in total. The molecule has 0 radical (unpaired) electrons. The Hall–Kier alpha value is -2.13. The number of hydrogen-bond donors (Lipinski definition) is 0. The summed E-state index contributed by atoms with van der Waals surface area (Å²) in [6, 6.07) is 4.32. The van der Waals surface area contributed by atoms with E-state index in [-0.39, 0.29) is 12.0 Å². The number of rotatable bonds is 5. The Bertz CT molecular complexity index is 874. The zero-order valence-electron chi connectivity index (χ0n) is 21.1. The van der Waals surface area contributed by atoms with Crippen LogP contribution in [0.4, 0.5) is 5.69 Å². The van der Waals surface area contributed by atoms with Gasteiger partial charge in [0, 0.05) is 16.8 Å². The molecule has 5 nitrogen and oxygen atoms in total. The summed E-state index contributed by atoms with van der Waals surface area (Å²) in [6.45, 7) is 4.73. The molecule has 1 heterocycles. The molecular weight excluding hydrogens is 444 g/mol. The number of methoxy groups -OCH3 is 1. The topological polar surface area (TPSA) is 70.4 Å². The van der Waals surface area contributed by atoms with E-state index < -0.39 is 5.97 Å². The van der Waals surface area contributed by atoms with Crippen LogP contribution in [0.3, 0.4) is 0 Å². The standard InChI is InChI=1S/C20H24N2O3S.C8H16/c1-25-20(24)19-17(11-18(26-19)15-5-3-2-4-6-15)22(13-23)16-9-7-14(12-21)8-10-16;1-7-3-5-8(2)6-4-7/h5,11,13-14,16H,2-4,6-10H2,1H3;7-8H,3-6H2,1-2H3. The smallest absolute Gasteiger partial charge is 0.350 e. The fourth-order valence-electron chi connectivity index (χ4n) is 5.28. The Balaban J connectivity index is 0.000000343. The van der Waals surface area contributed by atoms with Crippen LogP contribution < -0.4 is 4.90 Å². The van der Waals surface area contributed by atoms with Gasteiger partial charge >= 0.3 is 5.97 Å². The van der Waals surface area contributed by atoms with Gasteiger partial charge in [0.1, 0.15) is 4.88 Å². The lowest BCUT2D eigenvalue weighted by Gasteiger charge is -2.32. The molecule has 186 valence electrons. The van der Waals surface area contributed by atoms with Gasteiger partial charge in [-0.25, -0.2) is 4.79 Å². The van der Waals surface area contributed by atoms with Crippen molar-refractivity contribution >= 4 is 35.0 Å². The minimum absolute atomic E-state index is 0.0308. The molecular formula is C28H40N2O3S. The van der Waals surface area contributed by atoms with Gasteiger partial charge in [-0.1, -0.05) is 45.6 Å². The van der Waals surface area contributed by atoms with Crippen LogP contribution in [0.15, 0.2) is 12.1 Å². The van der Waals surface area contributed by atoms with E-state index in [1.165, 1.54) is 56.1 Å². The molecule has 1 aromatic rings. The van der Waals surface area contributed by atoms with Gasteiger partial charge in [0.05, 0.1) is 18.9 Å². The first kappa shape index (κ1) is 26.5. The van der Waals surface area contributed by atoms with Gasteiger partial charge in [0.2, 0.25) is 6.41 Å². The van der Waals surface area contributed by atoms with E-state index in [0.717, 1.165) is 68.1 Å². The number of amides is 1. The first-order chi connectivity index (χ1) is 16.5. The van der Waals surface area contributed by atoms with Crippen molar-refractivity contribution in [1.29, 1.82) is 5.26 Å². The van der Waals surface area contributed by atoms with E-state index in [1.807, 2.05) is 6.07 Å². The summed E-state index contributed by atoms with van der Waals surface area (Å²) in [5, 5.41) is 9.09. The van der Waals surface area contributed by atoms with Crippen LogP contribution in [-0.2, 0) is 9.53 Å². The first-order valence-electron chi connectivity index (χ1n) is 13.0. The van der Waals surface area contributed by atoms with Gasteiger partial charge in [-0.05, 0) is 74.8 Å². The van der Waals surface area contributed by atoms with Crippen LogP contribution >= 0.6 is 11.3 Å². The highest BCUT2D eigenvalue weighted by Gasteiger charge is 2.30. The number of hydrogen-bond acceptors (Lipinski definition) is 5. The lowest BCUT2D eigenvalue weighted by Crippen LogP contribution is -2.37. The number of anilines is 1. The Kier molecular flexibility index (Phi) is 10.2. The van der Waals surface area contributed by atoms with Crippen LogP contribution in [0, 0.1) is 29.1 Å². The van der Waals surface area contributed by atoms with Crippen molar-refractivity contribution in [3.63, 3.8) is 0 Å². The maximum atomic E-state index is 12.3. The molecule has 34 heavy (non-hydrogen) atoms. The summed E-state index contributed by atoms with van der Waals surface area (Å²) < 4.78 is 4.96. The van der Waals surface area contributed by atoms with Gasteiger partial charge in [0.15, 0.2) is 0 Å². The van der Waals surface area contributed by atoms with Crippen LogP contribution in [0.25, 0.3) is 5.57 Å². The van der Waals surface area contributed by atoms with E-state index in [0.29, 0.717) is 10.6 Å². The number of esters is 1. The predicted octanol–water partition coefficient (Wildman–Crippen LogP) is 7.37. The van der Waals surface area contributed by atoms with Gasteiger partial charge in [-0.3, -0.25) is 4.79 Å². The second kappa shape index (κ2) is 13.1. The van der Waals surface area contributed by atoms with Crippen LogP contribution in [0.2, 0.25) is 0 Å². The zero-order chi connectivity index (χ0) is 24.5. The molecule has 0 bridgehead atoms. The van der Waals surface area contributed by atoms with Crippen LogP contribution in [0.1, 0.15) is 105 Å². The van der Waals surface area contributed by atoms with E-state index >= 15 is 0 Å². The Morgan fingerprint density at radius 3 is 2.24 bits per heavy atom. The summed E-state index contributed by atoms with van der Waals surface area (Å²) in [4.78, 5) is 27.4. The molecule has 3 aliphatic carbocycles. The third-order valence-electron chi connectivity index (χ3n) is 7.66. The minimum atomic E-state index is -0.398. The highest BCUT2D eigenvalue weighted by Crippen LogP contribution is 2.40. The molecule has 0 atom stereocenters. The second-order valence-corrected chi connectivity index (χ2v) is 11.4. The largest absolute Gasteiger partial charge is 0.465 e. The summed E-state index contributed by atoms with van der Waals surface area (Å²) in [5.41, 5.74) is 1.91. The Morgan fingerprint density at radius 1 is 1.09 bits per heavy atom. The number of carbonyl (C=O) groups is 2. The van der Waals surface area contributed by atoms with E-state index in [9.17, 15) is 9.59 Å². The molecule has 4 rings (SSSR count). The summed E-state index contributed by atoms with van der Waals surface area (Å²) in [6.07, 6.45) is 16.5. The molecule has 1 aromatic heterocycles. The molecule has 0 unspecified atom stereocenters. The monoisotopic (exact) mass is 484 g/mol. The van der Waals surface area contributed by atoms with Crippen molar-refractivity contribution < 1.29 is 14.3 Å². The predicted molar refractivity (Wildman–Crippen MR) is 139 cm³/mol. The van der Waals surface area contributed by atoms with Crippen molar-refractivity contribution in [3.8, 4) is 6.07 Å². The molecule has 0 saturated heterocycles. The lowest BCUT2D eigenvalue weighted by molar-refractivity contribution is -0.108. The average Bonchev–Trinajstić information content (AvgIpc) is 3.32. The fourth-order valence-corrected chi connectivity index (χ4v) is 6.42. The number of allylic oxidation sites excluding steroid dienone is 2. The SMILES string of the molecule is CC1CCC(C)CC1.COC(=O)c1sc(C2=CCCCC2)cc1N(C=O)C1CCC(C#N)CC1. The van der Waals surface area contributed by atoms with Gasteiger partial charge < -0.3 is 9.64 Å². The van der Waals surface area contributed by atoms with Crippen molar-refractivity contribution in [2.45, 2.75) is 96.9 Å². The maximum absolute atomic E-state index is 12.3. The second-order valence-electron chi connectivity index (χ2n) is 10.3. The summed E-state index contributed by atoms with van der Waals surface area (Å²) in [5.74, 6) is 1.72. The van der Waals surface area contributed by atoms with Crippen molar-refractivity contribution in [2.75, 3.05) is 12.0 Å². The van der Waals surface area contributed by atoms with E-state index in [2.05, 4.69) is 26.0 Å². The van der Waals surface area contributed by atoms with Crippen molar-refractivity contribution in [3.05, 3.63) is 21.9 Å². The summed E-state index contributed by atoms with van der Waals surface area (Å²) in [7, 11) is 1.37. The van der Waals surface area contributed by atoms with E-state index in [1.54, 1.807) is 4.90 Å². The third-order valence-corrected chi connectivity index (χ3v) is 8.84. The number of thiophene rings is 1. The van der Waals surface area contributed by atoms with Crippen LogP contribution in [0.5, 0.6) is 0 Å². The lowest BCUT2D eigenvalue weighted by atomic mass is 9.84. The quantitative estimate of drug-likeness (QED) is 0.323. The Morgan fingerprint density at radius 2 is 1.74 bits per heavy atom. The molecule has 2 fully saturated rings. The number of ether oxygens (including phenoxy) is 1. The van der Waals surface area contributed by atoms with Crippen LogP contribution in [-0.4, -0.2) is 25.5 Å². The molecule has 2 saturated carbocycles. The molecule has 1 amide bonds. The fraction of sp³-hybridized carbons (Fsp3) is 0.679. The zero-order valence-corrected chi connectivity index (χ0v) is 21.9. The summed E-state index contributed by atoms with van der Waals surface area (Å²) >= 11 is 1.42. The molecule has 3 aliphatic rings. The number of nitriles is 1. The highest BCUT2D eigenvalue weighted by molar-refractivity contribution is 7.15. The Labute approximate surface area is 209 Å². The minimum Gasteiger partial charge on any atom is -0.465 e. The van der Waals surface area contributed by atoms with E-state index in [4.69, 9.17) is 10.00 Å². The average molecular weight is 485 g/mol. The molecule has 6 heteroatoms. The van der Waals surface area contributed by atoms with Gasteiger partial charge in [-0.2, -0.15) is 5.26 Å². The number of nitrogens with zero attached hydrogens (tertiary/aromatic N) is 2. The first-order valence-corrected chi connectivity index (χ1v) is 13.8. The molecule has 0 aliphatic heterocycles.